The van der Waals surface area contributed by atoms with E-state index in [1.165, 1.54) is 66.7 Å². The zero-order valence-electron chi connectivity index (χ0n) is 26.2. The second-order valence-electron chi connectivity index (χ2n) is 11.2. The third kappa shape index (κ3) is 12.6. The predicted molar refractivity (Wildman–Crippen MR) is 158 cm³/mol. The van der Waals surface area contributed by atoms with Gasteiger partial charge in [-0.2, -0.15) is 7.11 Å². The second-order valence-corrected chi connectivity index (χ2v) is 11.2. The van der Waals surface area contributed by atoms with Crippen molar-refractivity contribution in [3.8, 4) is 0 Å². The molecule has 1 fully saturated rings. The van der Waals surface area contributed by atoms with Crippen LogP contribution in [0, 0.1) is 0 Å². The maximum absolute atomic E-state index is 14.2. The standard InChI is InChI=1S/C17H24FNO.C14H26N2O.CH3O.K/c1-17(2,18)16-10-15-13(11-19-8-3-4-9-19)6-5-7-14(15)12-20-16;1-3-12-8-7-10-15-14(12)16-13(4-2)9-5-6-11-17;1-2;/h5-7,16H,3-4,8-12H2,1-2H3;15,17H,3-11H2,1-2H3;1H3;/q;;-1;+1/b;16-13+;;. The second kappa shape index (κ2) is 20.7. The third-order valence-electron chi connectivity index (χ3n) is 7.82. The van der Waals surface area contributed by atoms with Crippen molar-refractivity contribution in [3.63, 3.8) is 0 Å². The fourth-order valence-corrected chi connectivity index (χ4v) is 5.42. The van der Waals surface area contributed by atoms with E-state index in [0.717, 1.165) is 58.1 Å². The van der Waals surface area contributed by atoms with Crippen LogP contribution >= 0.6 is 0 Å². The number of allylic oxidation sites excluding steroid dienone is 1. The normalized spacial score (nSPS) is 19.4. The first-order valence-corrected chi connectivity index (χ1v) is 15.0. The van der Waals surface area contributed by atoms with Crippen molar-refractivity contribution in [2.45, 2.75) is 117 Å². The number of benzene rings is 1. The van der Waals surface area contributed by atoms with Gasteiger partial charge in [0.15, 0.2) is 0 Å². The molecule has 8 heteroatoms. The molecule has 0 amide bonds. The summed E-state index contributed by atoms with van der Waals surface area (Å²) in [5.41, 5.74) is 5.36. The van der Waals surface area contributed by atoms with E-state index >= 15 is 0 Å². The van der Waals surface area contributed by atoms with Crippen molar-refractivity contribution in [2.24, 2.45) is 4.99 Å². The van der Waals surface area contributed by atoms with Crippen LogP contribution in [-0.4, -0.2) is 60.8 Å². The Hall–Kier alpha value is -0.164. The summed E-state index contributed by atoms with van der Waals surface area (Å²) in [5, 5.41) is 20.5. The minimum absolute atomic E-state index is 0. The van der Waals surface area contributed by atoms with Gasteiger partial charge in [-0.05, 0) is 107 Å². The maximum Gasteiger partial charge on any atom is 1.00 e. The first-order chi connectivity index (χ1) is 18.9. The summed E-state index contributed by atoms with van der Waals surface area (Å²) in [5.74, 6) is 1.12. The fraction of sp³-hybridized carbons (Fsp3) is 0.719. The molecule has 3 aliphatic heterocycles. The quantitative estimate of drug-likeness (QED) is 0.251. The summed E-state index contributed by atoms with van der Waals surface area (Å²) in [4.78, 5) is 7.28. The third-order valence-corrected chi connectivity index (χ3v) is 7.82. The van der Waals surface area contributed by atoms with Crippen molar-refractivity contribution in [1.29, 1.82) is 0 Å². The van der Waals surface area contributed by atoms with Gasteiger partial charge in [0, 0.05) is 31.8 Å². The van der Waals surface area contributed by atoms with Crippen molar-refractivity contribution in [3.05, 3.63) is 46.3 Å². The van der Waals surface area contributed by atoms with Crippen LogP contribution in [0.2, 0.25) is 0 Å². The molecule has 0 saturated carbocycles. The van der Waals surface area contributed by atoms with Crippen LogP contribution in [-0.2, 0) is 24.3 Å². The number of rotatable bonds is 10. The number of aliphatic hydroxyl groups is 1. The summed E-state index contributed by atoms with van der Waals surface area (Å²) in [6.45, 7) is 12.9. The Balaban J connectivity index is 0.000000373. The number of hydrogen-bond donors (Lipinski definition) is 2. The van der Waals surface area contributed by atoms with Crippen LogP contribution in [0.25, 0.3) is 0 Å². The Morgan fingerprint density at radius 1 is 1.18 bits per heavy atom. The molecular weight excluding hydrogens is 532 g/mol. The van der Waals surface area contributed by atoms with Crippen molar-refractivity contribution in [2.75, 3.05) is 33.4 Å². The predicted octanol–water partition coefficient (Wildman–Crippen LogP) is 2.46. The van der Waals surface area contributed by atoms with E-state index in [2.05, 4.69) is 42.3 Å². The number of ether oxygens (including phenoxy) is 1. The fourth-order valence-electron chi connectivity index (χ4n) is 5.42. The summed E-state index contributed by atoms with van der Waals surface area (Å²) >= 11 is 0. The summed E-state index contributed by atoms with van der Waals surface area (Å²) in [6, 6.07) is 6.42. The topological polar surface area (TPSA) is 80.2 Å². The number of fused-ring (bicyclic) bond motifs is 1. The smallest absolute Gasteiger partial charge is 0.857 e. The average Bonchev–Trinajstić information content (AvgIpc) is 3.47. The Labute approximate surface area is 285 Å². The molecule has 3 aliphatic rings. The number of nitrogens with one attached hydrogen (secondary N) is 1. The number of alkyl halides is 1. The summed E-state index contributed by atoms with van der Waals surface area (Å²) < 4.78 is 19.9. The summed E-state index contributed by atoms with van der Waals surface area (Å²) in [6.07, 6.45) is 10.4. The molecule has 3 heterocycles. The van der Waals surface area contributed by atoms with E-state index in [-0.39, 0.29) is 64.1 Å². The van der Waals surface area contributed by atoms with E-state index in [0.29, 0.717) is 13.0 Å². The van der Waals surface area contributed by atoms with Gasteiger partial charge in [0.2, 0.25) is 0 Å². The molecule has 1 unspecified atom stereocenters. The minimum atomic E-state index is -1.28. The van der Waals surface area contributed by atoms with Gasteiger partial charge in [-0.25, -0.2) is 9.38 Å². The minimum Gasteiger partial charge on any atom is -0.857 e. The molecule has 1 aromatic carbocycles. The first-order valence-electron chi connectivity index (χ1n) is 15.0. The van der Waals surface area contributed by atoms with E-state index in [4.69, 9.17) is 19.9 Å². The van der Waals surface area contributed by atoms with Crippen molar-refractivity contribution in [1.82, 2.24) is 10.2 Å². The molecule has 40 heavy (non-hydrogen) atoms. The van der Waals surface area contributed by atoms with Gasteiger partial charge < -0.3 is 20.3 Å². The van der Waals surface area contributed by atoms with Crippen LogP contribution in [0.5, 0.6) is 0 Å². The van der Waals surface area contributed by atoms with Gasteiger partial charge in [0.05, 0.1) is 12.7 Å². The molecule has 1 saturated heterocycles. The van der Waals surface area contributed by atoms with E-state index in [9.17, 15) is 4.39 Å². The van der Waals surface area contributed by atoms with Crippen LogP contribution in [0.1, 0.15) is 102 Å². The molecule has 0 radical (unpaired) electrons. The van der Waals surface area contributed by atoms with E-state index < -0.39 is 5.67 Å². The number of halogens is 1. The Bertz CT molecular complexity index is 911. The van der Waals surface area contributed by atoms with Gasteiger partial charge >= 0.3 is 51.4 Å². The Morgan fingerprint density at radius 2 is 1.90 bits per heavy atom. The largest absolute Gasteiger partial charge is 1.00 e. The number of aliphatic hydroxyl groups excluding tert-OH is 1. The van der Waals surface area contributed by atoms with Gasteiger partial charge in [-0.15, -0.1) is 0 Å². The van der Waals surface area contributed by atoms with Gasteiger partial charge in [0.25, 0.3) is 0 Å². The maximum atomic E-state index is 14.2. The van der Waals surface area contributed by atoms with Crippen LogP contribution in [0.15, 0.2) is 34.6 Å². The SMILES string of the molecule is CC(C)(F)C1Cc2c(cccc2CN2CCCC2)CO1.CCC1=C(/N=C(\CC)CCCCO)NCCC1.C[O-].[K+]. The summed E-state index contributed by atoms with van der Waals surface area (Å²) in [7, 11) is 0.750. The van der Waals surface area contributed by atoms with Crippen LogP contribution in [0.4, 0.5) is 4.39 Å². The molecule has 0 bridgehead atoms. The number of aliphatic imine (C=N–C) groups is 1. The van der Waals surface area contributed by atoms with Gasteiger partial charge in [0.1, 0.15) is 11.5 Å². The van der Waals surface area contributed by atoms with Gasteiger partial charge in [-0.3, -0.25) is 4.90 Å². The molecular formula is C32H53FKN3O3. The monoisotopic (exact) mass is 585 g/mol. The van der Waals surface area contributed by atoms with Gasteiger partial charge in [-0.1, -0.05) is 32.0 Å². The molecule has 6 nitrogen and oxygen atoms in total. The molecule has 0 aromatic heterocycles. The van der Waals surface area contributed by atoms with E-state index in [1.807, 2.05) is 0 Å². The first kappa shape index (κ1) is 37.9. The number of hydrogen-bond acceptors (Lipinski definition) is 6. The molecule has 2 N–H and O–H groups in total. The number of likely N-dealkylation sites (tertiary alicyclic amines) is 1. The number of nitrogens with zero attached hydrogens (tertiary/aromatic N) is 2. The molecule has 1 aromatic rings. The number of unbranched alkanes of at least 4 members (excludes halogenated alkanes) is 1. The van der Waals surface area contributed by atoms with Crippen LogP contribution < -0.4 is 61.8 Å². The Kier molecular flexibility index (Phi) is 19.6. The molecule has 0 aliphatic carbocycles. The van der Waals surface area contributed by atoms with Crippen molar-refractivity contribution < 1.29 is 70.7 Å². The molecule has 222 valence electrons. The zero-order valence-corrected chi connectivity index (χ0v) is 29.3. The zero-order chi connectivity index (χ0) is 28.7. The average molecular weight is 586 g/mol. The Morgan fingerprint density at radius 3 is 2.52 bits per heavy atom. The molecule has 4 rings (SSSR count). The van der Waals surface area contributed by atoms with E-state index in [1.54, 1.807) is 13.8 Å². The molecule has 0 spiro atoms. The molecule has 1 atom stereocenters. The van der Waals surface area contributed by atoms with Crippen LogP contribution in [0.3, 0.4) is 0 Å². The van der Waals surface area contributed by atoms with Crippen molar-refractivity contribution >= 4 is 5.71 Å².